The fraction of sp³-hybridized carbons (Fsp3) is 0.350. The van der Waals surface area contributed by atoms with Crippen molar-refractivity contribution in [3.8, 4) is 0 Å². The average Bonchev–Trinajstić information content (AvgIpc) is 3.32. The Morgan fingerprint density at radius 3 is 2.62 bits per heavy atom. The van der Waals surface area contributed by atoms with Gasteiger partial charge in [-0.2, -0.15) is 0 Å². The molecule has 2 aromatic rings. The smallest absolute Gasteiger partial charge is 0.241 e. The zero-order valence-corrected chi connectivity index (χ0v) is 13.5. The maximum Gasteiger partial charge on any atom is 0.241 e. The van der Waals surface area contributed by atoms with Gasteiger partial charge in [-0.15, -0.1) is 0 Å². The topological polar surface area (TPSA) is 41.1 Å². The molecule has 2 N–H and O–H groups in total. The second-order valence-electron chi connectivity index (χ2n) is 6.73. The minimum Gasteiger partial charge on any atom is -0.352 e. The lowest BCUT2D eigenvalue weighted by atomic mass is 10.0. The molecule has 0 saturated heterocycles. The van der Waals surface area contributed by atoms with Crippen molar-refractivity contribution in [3.05, 3.63) is 71.0 Å². The lowest BCUT2D eigenvalue weighted by Crippen LogP contribution is -2.39. The van der Waals surface area contributed by atoms with Crippen LogP contribution >= 0.6 is 0 Å². The molecular weight excluding hydrogens is 303 g/mol. The first-order valence-corrected chi connectivity index (χ1v) is 8.60. The first kappa shape index (κ1) is 15.3. The van der Waals surface area contributed by atoms with Gasteiger partial charge in [-0.1, -0.05) is 36.4 Å². The SMILES string of the molecule is O=C(NC1CC1)[C@H](N[C@@H]1CCc2cc(F)ccc21)c1ccccc1. The van der Waals surface area contributed by atoms with Gasteiger partial charge in [0, 0.05) is 12.1 Å². The molecule has 3 nitrogen and oxygen atoms in total. The van der Waals surface area contributed by atoms with Crippen LogP contribution in [0.1, 0.15) is 48.0 Å². The van der Waals surface area contributed by atoms with Crippen LogP contribution < -0.4 is 10.6 Å². The number of fused-ring (bicyclic) bond motifs is 1. The molecule has 1 fully saturated rings. The summed E-state index contributed by atoms with van der Waals surface area (Å²) in [6, 6.07) is 14.8. The molecule has 2 aliphatic rings. The molecule has 0 spiro atoms. The van der Waals surface area contributed by atoms with Crippen LogP contribution in [0.15, 0.2) is 48.5 Å². The van der Waals surface area contributed by atoms with E-state index in [1.807, 2.05) is 36.4 Å². The minimum atomic E-state index is -0.382. The minimum absolute atomic E-state index is 0.0271. The van der Waals surface area contributed by atoms with E-state index in [0.29, 0.717) is 6.04 Å². The van der Waals surface area contributed by atoms with Gasteiger partial charge in [-0.3, -0.25) is 10.1 Å². The van der Waals surface area contributed by atoms with E-state index in [1.54, 1.807) is 6.07 Å². The lowest BCUT2D eigenvalue weighted by Gasteiger charge is -2.23. The monoisotopic (exact) mass is 324 g/mol. The third kappa shape index (κ3) is 3.20. The highest BCUT2D eigenvalue weighted by Crippen LogP contribution is 2.34. The molecule has 0 aliphatic heterocycles. The Bertz CT molecular complexity index is 743. The number of aryl methyl sites for hydroxylation is 1. The Morgan fingerprint density at radius 1 is 1.08 bits per heavy atom. The highest BCUT2D eigenvalue weighted by molar-refractivity contribution is 5.83. The Hall–Kier alpha value is -2.20. The van der Waals surface area contributed by atoms with Gasteiger partial charge in [0.15, 0.2) is 0 Å². The number of amides is 1. The second kappa shape index (κ2) is 6.36. The third-order valence-corrected chi connectivity index (χ3v) is 4.87. The fourth-order valence-electron chi connectivity index (χ4n) is 3.44. The quantitative estimate of drug-likeness (QED) is 0.885. The van der Waals surface area contributed by atoms with Gasteiger partial charge >= 0.3 is 0 Å². The molecule has 0 radical (unpaired) electrons. The molecule has 0 bridgehead atoms. The summed E-state index contributed by atoms with van der Waals surface area (Å²) in [5, 5.41) is 6.60. The van der Waals surface area contributed by atoms with Crippen LogP contribution in [0.4, 0.5) is 4.39 Å². The molecular formula is C20H21FN2O. The largest absolute Gasteiger partial charge is 0.352 e. The Kier molecular flexibility index (Phi) is 4.07. The van der Waals surface area contributed by atoms with Gasteiger partial charge in [0.1, 0.15) is 11.9 Å². The summed E-state index contributed by atoms with van der Waals surface area (Å²) >= 11 is 0. The molecule has 4 rings (SSSR count). The van der Waals surface area contributed by atoms with Crippen LogP contribution in [0.2, 0.25) is 0 Å². The van der Waals surface area contributed by atoms with Crippen molar-refractivity contribution in [2.45, 2.75) is 43.8 Å². The van der Waals surface area contributed by atoms with Crippen molar-refractivity contribution in [2.24, 2.45) is 0 Å². The number of carbonyl (C=O) groups is 1. The maximum atomic E-state index is 13.4. The van der Waals surface area contributed by atoms with Crippen LogP contribution in [-0.4, -0.2) is 11.9 Å². The van der Waals surface area contributed by atoms with Gasteiger partial charge in [-0.05, 0) is 54.5 Å². The molecule has 2 aromatic carbocycles. The number of carbonyl (C=O) groups excluding carboxylic acids is 1. The van der Waals surface area contributed by atoms with Gasteiger partial charge in [0.25, 0.3) is 0 Å². The fourth-order valence-corrected chi connectivity index (χ4v) is 3.44. The van der Waals surface area contributed by atoms with Crippen molar-refractivity contribution >= 4 is 5.91 Å². The predicted molar refractivity (Wildman–Crippen MR) is 90.9 cm³/mol. The van der Waals surface area contributed by atoms with Crippen molar-refractivity contribution in [1.82, 2.24) is 10.6 Å². The van der Waals surface area contributed by atoms with Crippen molar-refractivity contribution < 1.29 is 9.18 Å². The zero-order chi connectivity index (χ0) is 16.5. The van der Waals surface area contributed by atoms with E-state index < -0.39 is 0 Å². The summed E-state index contributed by atoms with van der Waals surface area (Å²) in [7, 11) is 0. The van der Waals surface area contributed by atoms with Gasteiger partial charge in [0.05, 0.1) is 0 Å². The summed E-state index contributed by atoms with van der Waals surface area (Å²) in [6.45, 7) is 0. The van der Waals surface area contributed by atoms with Crippen LogP contribution in [0.5, 0.6) is 0 Å². The van der Waals surface area contributed by atoms with Gasteiger partial charge in [-0.25, -0.2) is 4.39 Å². The molecule has 1 saturated carbocycles. The Morgan fingerprint density at radius 2 is 1.88 bits per heavy atom. The van der Waals surface area contributed by atoms with E-state index in [2.05, 4.69) is 10.6 Å². The van der Waals surface area contributed by atoms with Crippen LogP contribution in [0.25, 0.3) is 0 Å². The van der Waals surface area contributed by atoms with Gasteiger partial charge in [0.2, 0.25) is 5.91 Å². The highest BCUT2D eigenvalue weighted by atomic mass is 19.1. The molecule has 2 atom stereocenters. The summed E-state index contributed by atoms with van der Waals surface area (Å²) in [5.74, 6) is -0.167. The maximum absolute atomic E-state index is 13.4. The Balaban J connectivity index is 1.57. The number of hydrogen-bond acceptors (Lipinski definition) is 2. The number of benzene rings is 2. The predicted octanol–water partition coefficient (Wildman–Crippen LogP) is 3.42. The molecule has 24 heavy (non-hydrogen) atoms. The summed E-state index contributed by atoms with van der Waals surface area (Å²) < 4.78 is 13.4. The van der Waals surface area contributed by atoms with E-state index in [-0.39, 0.29) is 23.8 Å². The lowest BCUT2D eigenvalue weighted by molar-refractivity contribution is -0.123. The van der Waals surface area contributed by atoms with Crippen molar-refractivity contribution in [3.63, 3.8) is 0 Å². The summed E-state index contributed by atoms with van der Waals surface area (Å²) in [4.78, 5) is 12.7. The molecule has 0 unspecified atom stereocenters. The molecule has 124 valence electrons. The zero-order valence-electron chi connectivity index (χ0n) is 13.5. The van der Waals surface area contributed by atoms with Crippen molar-refractivity contribution in [1.29, 1.82) is 0 Å². The molecule has 0 heterocycles. The first-order valence-electron chi connectivity index (χ1n) is 8.60. The van der Waals surface area contributed by atoms with Crippen molar-refractivity contribution in [2.75, 3.05) is 0 Å². The number of nitrogens with one attached hydrogen (secondary N) is 2. The van der Waals surface area contributed by atoms with E-state index >= 15 is 0 Å². The molecule has 4 heteroatoms. The third-order valence-electron chi connectivity index (χ3n) is 4.87. The average molecular weight is 324 g/mol. The molecule has 0 aromatic heterocycles. The van der Waals surface area contributed by atoms with Gasteiger partial charge < -0.3 is 5.32 Å². The van der Waals surface area contributed by atoms with E-state index in [9.17, 15) is 9.18 Å². The number of halogens is 1. The summed E-state index contributed by atoms with van der Waals surface area (Å²) in [5.41, 5.74) is 3.12. The highest BCUT2D eigenvalue weighted by Gasteiger charge is 2.32. The van der Waals surface area contributed by atoms with Crippen LogP contribution in [0, 0.1) is 5.82 Å². The first-order chi connectivity index (χ1) is 11.7. The van der Waals surface area contributed by atoms with E-state index in [0.717, 1.165) is 42.4 Å². The number of hydrogen-bond donors (Lipinski definition) is 2. The van der Waals surface area contributed by atoms with Crippen LogP contribution in [-0.2, 0) is 11.2 Å². The molecule has 2 aliphatic carbocycles. The second-order valence-corrected chi connectivity index (χ2v) is 6.73. The van der Waals surface area contributed by atoms with Crippen LogP contribution in [0.3, 0.4) is 0 Å². The van der Waals surface area contributed by atoms with E-state index in [4.69, 9.17) is 0 Å². The molecule has 1 amide bonds. The summed E-state index contributed by atoms with van der Waals surface area (Å²) in [6.07, 6.45) is 3.87. The Labute approximate surface area is 141 Å². The van der Waals surface area contributed by atoms with E-state index in [1.165, 1.54) is 6.07 Å². The standard InChI is InChI=1S/C20H21FN2O/c21-15-7-10-17-14(12-15)6-11-18(17)23-19(13-4-2-1-3-5-13)20(24)22-16-8-9-16/h1-5,7,10,12,16,18-19,23H,6,8-9,11H2,(H,22,24)/t18-,19-/m1/s1. The number of rotatable bonds is 5. The normalized spacial score (nSPS) is 20.5.